The number of halogens is 1. The molecule has 1 saturated heterocycles. The lowest BCUT2D eigenvalue weighted by Crippen LogP contribution is -2.60. The summed E-state index contributed by atoms with van der Waals surface area (Å²) >= 11 is 1.22. The van der Waals surface area contributed by atoms with Gasteiger partial charge >= 0.3 is 0 Å². The molecule has 2 heterocycles. The van der Waals surface area contributed by atoms with Crippen LogP contribution in [0.3, 0.4) is 0 Å². The summed E-state index contributed by atoms with van der Waals surface area (Å²) in [4.78, 5) is 6.90. The summed E-state index contributed by atoms with van der Waals surface area (Å²) in [6, 6.07) is 3.34. The number of hydrogen-bond acceptors (Lipinski definition) is 6. The van der Waals surface area contributed by atoms with Crippen molar-refractivity contribution < 1.29 is 13.2 Å². The van der Waals surface area contributed by atoms with Crippen LogP contribution in [0.4, 0.5) is 0 Å². The molecular formula is C19H34IN5O3S2. The van der Waals surface area contributed by atoms with Crippen LogP contribution in [0.2, 0.25) is 0 Å². The van der Waals surface area contributed by atoms with E-state index in [4.69, 9.17) is 4.74 Å². The van der Waals surface area contributed by atoms with Crippen LogP contribution in [-0.4, -0.2) is 77.8 Å². The minimum atomic E-state index is -3.43. The number of ether oxygens (including phenoxy) is 1. The zero-order valence-corrected chi connectivity index (χ0v) is 21.5. The molecule has 1 aliphatic carbocycles. The van der Waals surface area contributed by atoms with Gasteiger partial charge in [-0.15, -0.1) is 35.3 Å². The van der Waals surface area contributed by atoms with Crippen LogP contribution in [0, 0.1) is 0 Å². The quantitative estimate of drug-likeness (QED) is 0.191. The van der Waals surface area contributed by atoms with E-state index in [1.165, 1.54) is 43.4 Å². The molecule has 0 spiro atoms. The number of aliphatic imine (C=N–C) groups is 1. The van der Waals surface area contributed by atoms with Crippen molar-refractivity contribution in [2.45, 2.75) is 41.9 Å². The SMILES string of the molecule is CN=C(NCCNS(=O)(=O)c1cccs1)NCC1(N2CCOCC2)CCCCC1.I. The van der Waals surface area contributed by atoms with E-state index in [0.717, 1.165) is 32.8 Å². The predicted molar refractivity (Wildman–Crippen MR) is 132 cm³/mol. The average molecular weight is 572 g/mol. The average Bonchev–Trinajstić information content (AvgIpc) is 3.31. The lowest BCUT2D eigenvalue weighted by Gasteiger charge is -2.48. The van der Waals surface area contributed by atoms with Gasteiger partial charge in [-0.1, -0.05) is 25.3 Å². The summed E-state index contributed by atoms with van der Waals surface area (Å²) in [5.41, 5.74) is 0.153. The van der Waals surface area contributed by atoms with Gasteiger partial charge in [0, 0.05) is 45.3 Å². The van der Waals surface area contributed by atoms with Gasteiger partial charge in [0.1, 0.15) is 4.21 Å². The topological polar surface area (TPSA) is 95.1 Å². The maximum Gasteiger partial charge on any atom is 0.250 e. The van der Waals surface area contributed by atoms with Gasteiger partial charge in [-0.05, 0) is 24.3 Å². The van der Waals surface area contributed by atoms with Gasteiger partial charge in [0.25, 0.3) is 0 Å². The molecule has 2 aliphatic rings. The Hall–Kier alpha value is -0.470. The van der Waals surface area contributed by atoms with E-state index >= 15 is 0 Å². The first-order valence-electron chi connectivity index (χ1n) is 10.4. The second-order valence-electron chi connectivity index (χ2n) is 7.57. The van der Waals surface area contributed by atoms with Gasteiger partial charge in [-0.25, -0.2) is 13.1 Å². The van der Waals surface area contributed by atoms with Crippen LogP contribution in [0.25, 0.3) is 0 Å². The molecule has 0 atom stereocenters. The highest BCUT2D eigenvalue weighted by molar-refractivity contribution is 14.0. The second kappa shape index (κ2) is 12.5. The summed E-state index contributed by atoms with van der Waals surface area (Å²) in [7, 11) is -1.68. The molecule has 30 heavy (non-hydrogen) atoms. The van der Waals surface area contributed by atoms with Crippen molar-refractivity contribution in [3.63, 3.8) is 0 Å². The van der Waals surface area contributed by atoms with Gasteiger partial charge in [-0.2, -0.15) is 0 Å². The van der Waals surface area contributed by atoms with Gasteiger partial charge in [0.2, 0.25) is 10.0 Å². The Balaban J connectivity index is 0.00000320. The number of nitrogens with one attached hydrogen (secondary N) is 3. The van der Waals surface area contributed by atoms with Crippen LogP contribution >= 0.6 is 35.3 Å². The van der Waals surface area contributed by atoms with Gasteiger partial charge < -0.3 is 15.4 Å². The summed E-state index contributed by atoms with van der Waals surface area (Å²) in [6.45, 7) is 5.19. The van der Waals surface area contributed by atoms with Crippen molar-refractivity contribution in [1.82, 2.24) is 20.3 Å². The maximum absolute atomic E-state index is 12.2. The van der Waals surface area contributed by atoms with Crippen LogP contribution < -0.4 is 15.4 Å². The summed E-state index contributed by atoms with van der Waals surface area (Å²) < 4.78 is 32.8. The molecule has 0 aromatic carbocycles. The van der Waals surface area contributed by atoms with E-state index in [1.54, 1.807) is 24.6 Å². The van der Waals surface area contributed by atoms with E-state index in [2.05, 4.69) is 25.2 Å². The minimum absolute atomic E-state index is 0. The number of guanidine groups is 1. The van der Waals surface area contributed by atoms with Crippen molar-refractivity contribution >= 4 is 51.3 Å². The normalized spacial score (nSPS) is 20.4. The van der Waals surface area contributed by atoms with Crippen LogP contribution in [0.15, 0.2) is 26.7 Å². The zero-order valence-electron chi connectivity index (χ0n) is 17.6. The Morgan fingerprint density at radius 3 is 2.57 bits per heavy atom. The maximum atomic E-state index is 12.2. The number of hydrogen-bond donors (Lipinski definition) is 3. The Morgan fingerprint density at radius 2 is 1.93 bits per heavy atom. The van der Waals surface area contributed by atoms with Crippen LogP contribution in [-0.2, 0) is 14.8 Å². The Bertz CT molecular complexity index is 746. The Kier molecular flexibility index (Phi) is 10.8. The van der Waals surface area contributed by atoms with Gasteiger partial charge in [-0.3, -0.25) is 9.89 Å². The Labute approximate surface area is 201 Å². The molecule has 1 aliphatic heterocycles. The Morgan fingerprint density at radius 1 is 1.20 bits per heavy atom. The molecule has 3 rings (SSSR count). The molecule has 8 nitrogen and oxygen atoms in total. The highest BCUT2D eigenvalue weighted by Gasteiger charge is 2.38. The second-order valence-corrected chi connectivity index (χ2v) is 10.5. The van der Waals surface area contributed by atoms with Crippen molar-refractivity contribution in [1.29, 1.82) is 0 Å². The van der Waals surface area contributed by atoms with E-state index in [1.807, 2.05) is 0 Å². The lowest BCUT2D eigenvalue weighted by atomic mass is 9.80. The van der Waals surface area contributed by atoms with Gasteiger partial charge in [0.15, 0.2) is 5.96 Å². The summed E-state index contributed by atoms with van der Waals surface area (Å²) in [5, 5.41) is 8.46. The number of rotatable bonds is 8. The van der Waals surface area contributed by atoms with Crippen molar-refractivity contribution in [2.24, 2.45) is 4.99 Å². The summed E-state index contributed by atoms with van der Waals surface area (Å²) in [6.07, 6.45) is 6.21. The van der Waals surface area contributed by atoms with Gasteiger partial charge in [0.05, 0.1) is 13.2 Å². The van der Waals surface area contributed by atoms with E-state index in [0.29, 0.717) is 23.3 Å². The van der Waals surface area contributed by atoms with Crippen molar-refractivity contribution in [3.05, 3.63) is 17.5 Å². The predicted octanol–water partition coefficient (Wildman–Crippen LogP) is 1.84. The fourth-order valence-electron chi connectivity index (χ4n) is 4.18. The smallest absolute Gasteiger partial charge is 0.250 e. The number of morpholine rings is 1. The third-order valence-corrected chi connectivity index (χ3v) is 8.60. The third kappa shape index (κ3) is 7.02. The van der Waals surface area contributed by atoms with Crippen LogP contribution in [0.5, 0.6) is 0 Å². The van der Waals surface area contributed by atoms with Crippen molar-refractivity contribution in [3.8, 4) is 0 Å². The molecule has 0 amide bonds. The molecule has 1 aromatic heterocycles. The minimum Gasteiger partial charge on any atom is -0.379 e. The summed E-state index contributed by atoms with van der Waals surface area (Å²) in [5.74, 6) is 0.707. The van der Waals surface area contributed by atoms with E-state index in [-0.39, 0.29) is 29.5 Å². The number of thiophene rings is 1. The van der Waals surface area contributed by atoms with Crippen molar-refractivity contribution in [2.75, 3.05) is 53.0 Å². The molecule has 0 radical (unpaired) electrons. The highest BCUT2D eigenvalue weighted by atomic mass is 127. The fraction of sp³-hybridized carbons (Fsp3) is 0.737. The standard InChI is InChI=1S/C19H33N5O3S2.HI/c1-20-18(21-9-10-23-29(25,26)17-6-5-15-28-17)22-16-19(7-3-2-4-8-19)24-11-13-27-14-12-24;/h5-6,15,23H,2-4,7-14,16H2,1H3,(H2,20,21,22);1H. The molecule has 3 N–H and O–H groups in total. The fourth-order valence-corrected chi connectivity index (χ4v) is 6.24. The molecule has 11 heteroatoms. The zero-order chi connectivity index (χ0) is 20.6. The third-order valence-electron chi connectivity index (χ3n) is 5.74. The first kappa shape index (κ1) is 25.8. The molecule has 2 fully saturated rings. The van der Waals surface area contributed by atoms with Crippen LogP contribution in [0.1, 0.15) is 32.1 Å². The molecular weight excluding hydrogens is 537 g/mol. The molecule has 0 bridgehead atoms. The highest BCUT2D eigenvalue weighted by Crippen LogP contribution is 2.33. The molecule has 0 unspecified atom stereocenters. The molecule has 1 aromatic rings. The lowest BCUT2D eigenvalue weighted by molar-refractivity contribution is -0.0352. The van der Waals surface area contributed by atoms with E-state index < -0.39 is 10.0 Å². The molecule has 1 saturated carbocycles. The number of nitrogens with zero attached hydrogens (tertiary/aromatic N) is 2. The number of sulfonamides is 1. The first-order chi connectivity index (χ1) is 14.1. The molecule has 172 valence electrons. The monoisotopic (exact) mass is 571 g/mol. The largest absolute Gasteiger partial charge is 0.379 e. The first-order valence-corrected chi connectivity index (χ1v) is 12.7. The van der Waals surface area contributed by atoms with E-state index in [9.17, 15) is 8.42 Å².